The largest absolute Gasteiger partial charge is 0.426 e. The Kier molecular flexibility index (Phi) is 4.83. The van der Waals surface area contributed by atoms with Gasteiger partial charge in [-0.3, -0.25) is 19.2 Å². The van der Waals surface area contributed by atoms with Crippen LogP contribution in [0.2, 0.25) is 0 Å². The molecule has 34 heavy (non-hydrogen) atoms. The van der Waals surface area contributed by atoms with E-state index in [9.17, 15) is 19.2 Å². The molecule has 6 rings (SSSR count). The number of ether oxygens (including phenoxy) is 1. The van der Waals surface area contributed by atoms with Crippen molar-refractivity contribution in [2.75, 3.05) is 16.3 Å². The van der Waals surface area contributed by atoms with Gasteiger partial charge in [-0.25, -0.2) is 4.90 Å². The summed E-state index contributed by atoms with van der Waals surface area (Å²) < 4.78 is 5.61. The van der Waals surface area contributed by atoms with Crippen molar-refractivity contribution in [2.24, 2.45) is 29.6 Å². The Bertz CT molecular complexity index is 1200. The third kappa shape index (κ3) is 3.17. The summed E-state index contributed by atoms with van der Waals surface area (Å²) in [4.78, 5) is 54.6. The Labute approximate surface area is 197 Å². The molecule has 2 saturated carbocycles. The summed E-state index contributed by atoms with van der Waals surface area (Å²) in [6.45, 7) is 2.19. The number of para-hydroxylation sites is 1. The zero-order valence-corrected chi connectivity index (χ0v) is 19.0. The van der Waals surface area contributed by atoms with Gasteiger partial charge in [0.2, 0.25) is 17.7 Å². The van der Waals surface area contributed by atoms with Gasteiger partial charge in [0.1, 0.15) is 5.75 Å². The normalized spacial score (nSPS) is 29.8. The number of carbonyl (C=O) groups excluding carboxylic acids is 4. The Balaban J connectivity index is 1.17. The average Bonchev–Trinajstić information content (AvgIpc) is 3.58. The van der Waals surface area contributed by atoms with Gasteiger partial charge >= 0.3 is 5.97 Å². The monoisotopic (exact) mass is 458 g/mol. The minimum Gasteiger partial charge on any atom is -0.426 e. The Morgan fingerprint density at radius 2 is 1.65 bits per heavy atom. The van der Waals surface area contributed by atoms with Crippen LogP contribution >= 0.6 is 0 Å². The number of nitrogens with zero attached hydrogens (tertiary/aromatic N) is 2. The van der Waals surface area contributed by atoms with Crippen molar-refractivity contribution in [1.29, 1.82) is 0 Å². The first-order valence-electron chi connectivity index (χ1n) is 12.0. The molecular weight excluding hydrogens is 432 g/mol. The highest BCUT2D eigenvalue weighted by atomic mass is 16.5. The lowest BCUT2D eigenvalue weighted by Crippen LogP contribution is -2.32. The van der Waals surface area contributed by atoms with E-state index < -0.39 is 11.9 Å². The SMILES string of the molecule is Cc1ccccc1N1C[C@H](C(=O)Oc2cccc(N3C(=O)[C@@H]4[C@H]5CC[C@@H](C5)[C@@H]4C3=O)c2)CC1=O. The molecule has 4 fully saturated rings. The molecule has 2 aliphatic heterocycles. The second kappa shape index (κ2) is 7.79. The molecule has 0 spiro atoms. The number of hydrogen-bond donors (Lipinski definition) is 0. The molecule has 0 unspecified atom stereocenters. The summed E-state index contributed by atoms with van der Waals surface area (Å²) in [5.74, 6) is -0.937. The first-order chi connectivity index (χ1) is 16.4. The molecule has 7 heteroatoms. The molecule has 0 radical (unpaired) electrons. The molecule has 7 nitrogen and oxygen atoms in total. The molecular formula is C27H26N2O5. The Morgan fingerprint density at radius 3 is 2.35 bits per heavy atom. The summed E-state index contributed by atoms with van der Waals surface area (Å²) in [6.07, 6.45) is 3.12. The fourth-order valence-electron chi connectivity index (χ4n) is 6.51. The van der Waals surface area contributed by atoms with Crippen LogP contribution in [0.3, 0.4) is 0 Å². The number of fused-ring (bicyclic) bond motifs is 5. The smallest absolute Gasteiger partial charge is 0.316 e. The lowest BCUT2D eigenvalue weighted by Gasteiger charge is -2.19. The van der Waals surface area contributed by atoms with Crippen molar-refractivity contribution >= 4 is 35.1 Å². The first kappa shape index (κ1) is 21.1. The zero-order valence-electron chi connectivity index (χ0n) is 19.0. The molecule has 2 aromatic rings. The van der Waals surface area contributed by atoms with E-state index in [1.807, 2.05) is 31.2 Å². The molecule has 0 aromatic heterocycles. The van der Waals surface area contributed by atoms with Crippen LogP contribution in [0, 0.1) is 36.5 Å². The topological polar surface area (TPSA) is 84.0 Å². The van der Waals surface area contributed by atoms with Crippen LogP contribution in [0.5, 0.6) is 5.75 Å². The van der Waals surface area contributed by atoms with E-state index in [1.165, 1.54) is 4.90 Å². The van der Waals surface area contributed by atoms with Crippen molar-refractivity contribution in [3.05, 3.63) is 54.1 Å². The van der Waals surface area contributed by atoms with Crippen molar-refractivity contribution in [1.82, 2.24) is 0 Å². The Hall–Kier alpha value is -3.48. The van der Waals surface area contributed by atoms with Crippen molar-refractivity contribution in [2.45, 2.75) is 32.6 Å². The second-order valence-corrected chi connectivity index (χ2v) is 10.0. The maximum absolute atomic E-state index is 13.1. The highest BCUT2D eigenvalue weighted by molar-refractivity contribution is 6.22. The minimum absolute atomic E-state index is 0.0854. The Morgan fingerprint density at radius 1 is 0.941 bits per heavy atom. The predicted molar refractivity (Wildman–Crippen MR) is 124 cm³/mol. The summed E-state index contributed by atoms with van der Waals surface area (Å²) in [7, 11) is 0. The highest BCUT2D eigenvalue weighted by Gasteiger charge is 2.61. The van der Waals surface area contributed by atoms with Crippen LogP contribution in [0.15, 0.2) is 48.5 Å². The summed E-state index contributed by atoms with van der Waals surface area (Å²) in [6, 6.07) is 14.2. The van der Waals surface area contributed by atoms with Gasteiger partial charge in [-0.1, -0.05) is 24.3 Å². The number of aryl methyl sites for hydroxylation is 1. The average molecular weight is 459 g/mol. The van der Waals surface area contributed by atoms with Crippen LogP contribution in [0.25, 0.3) is 0 Å². The van der Waals surface area contributed by atoms with Crippen molar-refractivity contribution in [3.63, 3.8) is 0 Å². The number of carbonyl (C=O) groups is 4. The van der Waals surface area contributed by atoms with Gasteiger partial charge in [-0.05, 0) is 61.8 Å². The van der Waals surface area contributed by atoms with Gasteiger partial charge in [0, 0.05) is 24.7 Å². The quantitative estimate of drug-likeness (QED) is 0.398. The number of amides is 3. The van der Waals surface area contributed by atoms with Gasteiger partial charge < -0.3 is 9.64 Å². The van der Waals surface area contributed by atoms with E-state index in [0.29, 0.717) is 17.5 Å². The number of hydrogen-bond acceptors (Lipinski definition) is 5. The van der Waals surface area contributed by atoms with Gasteiger partial charge in [-0.15, -0.1) is 0 Å². The fraction of sp³-hybridized carbons (Fsp3) is 0.407. The molecule has 2 heterocycles. The number of imide groups is 1. The van der Waals surface area contributed by atoms with Crippen LogP contribution in [-0.4, -0.2) is 30.2 Å². The first-order valence-corrected chi connectivity index (χ1v) is 12.0. The molecule has 5 atom stereocenters. The third-order valence-corrected chi connectivity index (χ3v) is 8.09. The van der Waals surface area contributed by atoms with E-state index in [2.05, 4.69) is 0 Å². The van der Waals surface area contributed by atoms with Crippen LogP contribution in [-0.2, 0) is 19.2 Å². The van der Waals surface area contributed by atoms with Gasteiger partial charge in [0.05, 0.1) is 23.4 Å². The van der Waals surface area contributed by atoms with E-state index in [4.69, 9.17) is 4.74 Å². The van der Waals surface area contributed by atoms with Crippen LogP contribution in [0.4, 0.5) is 11.4 Å². The number of esters is 1. The van der Waals surface area contributed by atoms with E-state index >= 15 is 0 Å². The van der Waals surface area contributed by atoms with Gasteiger partial charge in [0.25, 0.3) is 0 Å². The summed E-state index contributed by atoms with van der Waals surface area (Å²) in [5.41, 5.74) is 2.21. The summed E-state index contributed by atoms with van der Waals surface area (Å²) >= 11 is 0. The standard InChI is InChI=1S/C27H26N2O5/c1-15-5-2-3-8-21(15)28-14-18(12-22(28)30)27(33)34-20-7-4-6-19(13-20)29-25(31)23-16-9-10-17(11-16)24(23)26(29)32/h2-8,13,16-18,23-24H,9-12,14H2,1H3/t16-,17-,18+,23-,24+/m0/s1. The molecule has 4 aliphatic rings. The summed E-state index contributed by atoms with van der Waals surface area (Å²) in [5, 5.41) is 0. The molecule has 0 N–H and O–H groups in total. The van der Waals surface area contributed by atoms with Gasteiger partial charge in [0.15, 0.2) is 0 Å². The second-order valence-electron chi connectivity index (χ2n) is 10.0. The maximum atomic E-state index is 13.1. The molecule has 174 valence electrons. The lowest BCUT2D eigenvalue weighted by atomic mass is 9.81. The molecule has 2 bridgehead atoms. The van der Waals surface area contributed by atoms with Crippen molar-refractivity contribution < 1.29 is 23.9 Å². The molecule has 3 amide bonds. The van der Waals surface area contributed by atoms with E-state index in [1.54, 1.807) is 29.2 Å². The third-order valence-electron chi connectivity index (χ3n) is 8.09. The lowest BCUT2D eigenvalue weighted by molar-refractivity contribution is -0.139. The van der Waals surface area contributed by atoms with Crippen molar-refractivity contribution in [3.8, 4) is 5.75 Å². The van der Waals surface area contributed by atoms with E-state index in [-0.39, 0.29) is 48.3 Å². The maximum Gasteiger partial charge on any atom is 0.316 e. The van der Waals surface area contributed by atoms with Crippen LogP contribution < -0.4 is 14.5 Å². The van der Waals surface area contributed by atoms with Crippen LogP contribution in [0.1, 0.15) is 31.2 Å². The number of anilines is 2. The molecule has 2 aromatic carbocycles. The van der Waals surface area contributed by atoms with Gasteiger partial charge in [-0.2, -0.15) is 0 Å². The number of rotatable bonds is 4. The highest BCUT2D eigenvalue weighted by Crippen LogP contribution is 2.56. The predicted octanol–water partition coefficient (Wildman–Crippen LogP) is 3.49. The fourth-order valence-corrected chi connectivity index (χ4v) is 6.51. The minimum atomic E-state index is -0.583. The molecule has 2 saturated heterocycles. The zero-order chi connectivity index (χ0) is 23.6. The number of benzene rings is 2. The van der Waals surface area contributed by atoms with E-state index in [0.717, 1.165) is 30.5 Å². The molecule has 2 aliphatic carbocycles.